The first-order valence-electron chi connectivity index (χ1n) is 10.8. The Morgan fingerprint density at radius 2 is 2.03 bits per heavy atom. The minimum Gasteiger partial charge on any atom is -0.481 e. The number of amides is 2. The normalized spacial score (nSPS) is 32.8. The van der Waals surface area contributed by atoms with Crippen molar-refractivity contribution in [2.24, 2.45) is 11.8 Å². The first-order chi connectivity index (χ1) is 15.3. The van der Waals surface area contributed by atoms with Crippen LogP contribution >= 0.6 is 11.6 Å². The van der Waals surface area contributed by atoms with Crippen LogP contribution in [0.5, 0.6) is 0 Å². The van der Waals surface area contributed by atoms with Gasteiger partial charge in [0.2, 0.25) is 5.91 Å². The summed E-state index contributed by atoms with van der Waals surface area (Å²) in [4.78, 5) is 42.5. The maximum atomic E-state index is 14.0. The molecule has 172 valence electrons. The third-order valence-electron chi connectivity index (χ3n) is 7.24. The second-order valence-electron chi connectivity index (χ2n) is 8.64. The highest BCUT2D eigenvalue weighted by molar-refractivity contribution is 6.30. The maximum absolute atomic E-state index is 14.0. The number of hydrogen-bond donors (Lipinski definition) is 2. The van der Waals surface area contributed by atoms with E-state index in [0.717, 1.165) is 0 Å². The van der Waals surface area contributed by atoms with E-state index in [9.17, 15) is 24.6 Å². The number of likely N-dealkylation sites (tertiary alicyclic amines) is 1. The van der Waals surface area contributed by atoms with Crippen LogP contribution in [0.4, 0.5) is 5.69 Å². The minimum absolute atomic E-state index is 0.0785. The number of nitrogens with zero attached hydrogens (tertiary/aromatic N) is 2. The molecule has 0 aromatic heterocycles. The van der Waals surface area contributed by atoms with E-state index in [0.29, 0.717) is 30.0 Å². The molecule has 2 amide bonds. The number of aliphatic hydroxyl groups is 1. The highest BCUT2D eigenvalue weighted by Gasteiger charge is 2.79. The van der Waals surface area contributed by atoms with Crippen molar-refractivity contribution in [3.05, 3.63) is 41.9 Å². The minimum atomic E-state index is -1.24. The summed E-state index contributed by atoms with van der Waals surface area (Å²) < 4.78 is 6.44. The van der Waals surface area contributed by atoms with Crippen LogP contribution in [0.15, 0.2) is 36.9 Å². The molecule has 9 heteroatoms. The van der Waals surface area contributed by atoms with Gasteiger partial charge in [-0.1, -0.05) is 24.6 Å². The Morgan fingerprint density at radius 1 is 1.34 bits per heavy atom. The van der Waals surface area contributed by atoms with E-state index >= 15 is 0 Å². The molecule has 2 unspecified atom stereocenters. The molecular formula is C23H27ClN2O6. The van der Waals surface area contributed by atoms with Crippen LogP contribution in [-0.2, 0) is 19.1 Å². The molecule has 1 aromatic carbocycles. The Hall–Kier alpha value is -2.42. The first-order valence-corrected chi connectivity index (χ1v) is 11.2. The fourth-order valence-corrected chi connectivity index (χ4v) is 6.07. The number of β-amino-alcohol motifs (C(OH)–C–C–N with tert-alkyl or cyclic N) is 1. The number of fused-ring (bicyclic) bond motifs is 1. The van der Waals surface area contributed by atoms with Gasteiger partial charge in [0.05, 0.1) is 18.1 Å². The Morgan fingerprint density at radius 3 is 2.59 bits per heavy atom. The zero-order chi connectivity index (χ0) is 23.3. The number of rotatable bonds is 8. The fraction of sp³-hybridized carbons (Fsp3) is 0.522. The fourth-order valence-electron chi connectivity index (χ4n) is 5.94. The number of aliphatic hydroxyl groups excluding tert-OH is 1. The van der Waals surface area contributed by atoms with E-state index in [-0.39, 0.29) is 19.7 Å². The van der Waals surface area contributed by atoms with E-state index in [1.807, 2.05) is 6.92 Å². The monoisotopic (exact) mass is 462 g/mol. The molecule has 8 nitrogen and oxygen atoms in total. The molecule has 0 radical (unpaired) electrons. The zero-order valence-electron chi connectivity index (χ0n) is 17.9. The van der Waals surface area contributed by atoms with Crippen LogP contribution in [0.3, 0.4) is 0 Å². The predicted octanol–water partition coefficient (Wildman–Crippen LogP) is 2.09. The Bertz CT molecular complexity index is 952. The molecule has 3 fully saturated rings. The van der Waals surface area contributed by atoms with Crippen molar-refractivity contribution in [1.82, 2.24) is 4.90 Å². The first kappa shape index (κ1) is 22.8. The van der Waals surface area contributed by atoms with Gasteiger partial charge in [-0.15, -0.1) is 6.58 Å². The Kier molecular flexibility index (Phi) is 5.81. The van der Waals surface area contributed by atoms with Gasteiger partial charge < -0.3 is 24.7 Å². The summed E-state index contributed by atoms with van der Waals surface area (Å²) in [5.41, 5.74) is -1.64. The molecule has 5 atom stereocenters. The summed E-state index contributed by atoms with van der Waals surface area (Å²) in [5, 5.41) is 20.2. The molecule has 2 bridgehead atoms. The Labute approximate surface area is 191 Å². The van der Waals surface area contributed by atoms with Crippen molar-refractivity contribution >= 4 is 35.1 Å². The van der Waals surface area contributed by atoms with Gasteiger partial charge in [0.25, 0.3) is 5.91 Å². The van der Waals surface area contributed by atoms with Gasteiger partial charge in [0.1, 0.15) is 17.6 Å². The van der Waals surface area contributed by atoms with E-state index < -0.39 is 46.9 Å². The van der Waals surface area contributed by atoms with E-state index in [2.05, 4.69) is 6.58 Å². The average molecular weight is 463 g/mol. The molecule has 1 aromatic rings. The molecule has 4 rings (SSSR count). The van der Waals surface area contributed by atoms with Gasteiger partial charge in [-0.25, -0.2) is 0 Å². The number of anilines is 1. The summed E-state index contributed by atoms with van der Waals surface area (Å²) in [7, 11) is 0. The maximum Gasteiger partial charge on any atom is 0.310 e. The molecule has 3 saturated heterocycles. The van der Waals surface area contributed by atoms with Crippen molar-refractivity contribution < 1.29 is 29.3 Å². The molecular weight excluding hydrogens is 436 g/mol. The molecule has 0 aliphatic carbocycles. The van der Waals surface area contributed by atoms with Crippen molar-refractivity contribution in [2.45, 2.75) is 43.4 Å². The number of carboxylic acid groups (broad SMARTS) is 1. The lowest BCUT2D eigenvalue weighted by Gasteiger charge is -2.36. The van der Waals surface area contributed by atoms with Crippen LogP contribution in [0.2, 0.25) is 5.02 Å². The largest absolute Gasteiger partial charge is 0.481 e. The van der Waals surface area contributed by atoms with Crippen molar-refractivity contribution in [1.29, 1.82) is 0 Å². The van der Waals surface area contributed by atoms with E-state index in [1.165, 1.54) is 9.80 Å². The smallest absolute Gasteiger partial charge is 0.310 e. The van der Waals surface area contributed by atoms with Crippen molar-refractivity contribution in [3.63, 3.8) is 0 Å². The van der Waals surface area contributed by atoms with Crippen LogP contribution in [0.1, 0.15) is 26.2 Å². The molecule has 3 heterocycles. The van der Waals surface area contributed by atoms with Crippen LogP contribution in [-0.4, -0.2) is 69.8 Å². The molecule has 3 aliphatic heterocycles. The molecule has 2 N–H and O–H groups in total. The van der Waals surface area contributed by atoms with Gasteiger partial charge in [-0.3, -0.25) is 14.4 Å². The number of halogens is 1. The van der Waals surface area contributed by atoms with Gasteiger partial charge in [0.15, 0.2) is 0 Å². The van der Waals surface area contributed by atoms with Crippen LogP contribution in [0.25, 0.3) is 0 Å². The molecule has 32 heavy (non-hydrogen) atoms. The second kappa shape index (κ2) is 8.17. The second-order valence-corrected chi connectivity index (χ2v) is 9.08. The number of carboxylic acids is 1. The third kappa shape index (κ3) is 3.08. The zero-order valence-corrected chi connectivity index (χ0v) is 18.6. The van der Waals surface area contributed by atoms with Crippen LogP contribution in [0, 0.1) is 11.8 Å². The number of hydrogen-bond acceptors (Lipinski definition) is 5. The third-order valence-corrected chi connectivity index (χ3v) is 7.49. The van der Waals surface area contributed by atoms with Gasteiger partial charge in [-0.05, 0) is 43.5 Å². The van der Waals surface area contributed by atoms with Gasteiger partial charge >= 0.3 is 5.97 Å². The van der Waals surface area contributed by atoms with Gasteiger partial charge in [-0.2, -0.15) is 0 Å². The number of benzene rings is 1. The highest BCUT2D eigenvalue weighted by Crippen LogP contribution is 2.64. The molecule has 0 saturated carbocycles. The van der Waals surface area contributed by atoms with Gasteiger partial charge in [0, 0.05) is 23.8 Å². The summed E-state index contributed by atoms with van der Waals surface area (Å²) in [6.45, 7) is 5.35. The standard InChI is InChI=1S/C23H27ClN2O6/c1-3-11-25(15-7-5-14(24)6-8-15)20(29)18-23-10-9-22(4-2,32-23)17(21(30)31)16(23)19(28)26(18)12-13-27/h3,5-8,16-18,27H,1,4,9-13H2,2H3,(H,30,31)/t16-,17-,18?,22+,23?/m0/s1. The van der Waals surface area contributed by atoms with Crippen molar-refractivity contribution in [2.75, 3.05) is 24.6 Å². The predicted molar refractivity (Wildman–Crippen MR) is 117 cm³/mol. The average Bonchev–Trinajstić information content (AvgIpc) is 3.37. The molecule has 3 aliphatic rings. The number of aliphatic carboxylic acids is 1. The lowest BCUT2D eigenvalue weighted by Crippen LogP contribution is -2.56. The van der Waals surface area contributed by atoms with Crippen molar-refractivity contribution in [3.8, 4) is 0 Å². The highest BCUT2D eigenvalue weighted by atomic mass is 35.5. The van der Waals surface area contributed by atoms with Crippen LogP contribution < -0.4 is 4.90 Å². The number of carbonyl (C=O) groups excluding carboxylic acids is 2. The lowest BCUT2D eigenvalue weighted by molar-refractivity contribution is -0.155. The topological polar surface area (TPSA) is 107 Å². The summed E-state index contributed by atoms with van der Waals surface area (Å²) in [5.74, 6) is -3.94. The number of ether oxygens (including phenoxy) is 1. The van der Waals surface area contributed by atoms with E-state index in [4.69, 9.17) is 16.3 Å². The summed E-state index contributed by atoms with van der Waals surface area (Å²) in [6.07, 6.45) is 2.88. The number of carbonyl (C=O) groups is 3. The SMILES string of the molecule is C=CCN(C(=O)C1N(CCO)C(=O)[C@@H]2[C@@H](C(=O)O)[C@@]3(CC)CCC12O3)c1ccc(Cl)cc1. The summed E-state index contributed by atoms with van der Waals surface area (Å²) in [6, 6.07) is 5.69. The Balaban J connectivity index is 1.81. The van der Waals surface area contributed by atoms with E-state index in [1.54, 1.807) is 30.3 Å². The quantitative estimate of drug-likeness (QED) is 0.573. The lowest BCUT2D eigenvalue weighted by atomic mass is 9.65. The molecule has 1 spiro atoms. The summed E-state index contributed by atoms with van der Waals surface area (Å²) >= 11 is 6.00.